The number of sulfonamides is 1. The molecule has 0 spiro atoms. The normalized spacial score (nSPS) is 11.4. The molecule has 0 fully saturated rings. The Morgan fingerprint density at radius 1 is 0.893 bits per heavy atom. The van der Waals surface area contributed by atoms with E-state index in [0.29, 0.717) is 22.3 Å². The van der Waals surface area contributed by atoms with E-state index in [1.807, 2.05) is 0 Å². The molecule has 0 atom stereocenters. The van der Waals surface area contributed by atoms with Crippen LogP contribution in [0.2, 0.25) is 5.02 Å². The summed E-state index contributed by atoms with van der Waals surface area (Å²) in [5.74, 6) is -0.452. The molecule has 0 aliphatic rings. The maximum Gasteiger partial charge on any atom is 0.261 e. The molecule has 5 nitrogen and oxygen atoms in total. The third kappa shape index (κ3) is 4.34. The molecule has 0 amide bonds. The lowest BCUT2D eigenvalue weighted by Crippen LogP contribution is -2.13. The number of aliphatic hydroxyl groups is 2. The van der Waals surface area contributed by atoms with Crippen molar-refractivity contribution in [1.82, 2.24) is 0 Å². The summed E-state index contributed by atoms with van der Waals surface area (Å²) < 4.78 is 40.9. The van der Waals surface area contributed by atoms with Crippen molar-refractivity contribution in [3.05, 3.63) is 82.6 Å². The maximum absolute atomic E-state index is 13.2. The second-order valence-electron chi connectivity index (χ2n) is 6.05. The third-order valence-electron chi connectivity index (χ3n) is 4.21. The van der Waals surface area contributed by atoms with Gasteiger partial charge in [-0.15, -0.1) is 0 Å². The van der Waals surface area contributed by atoms with Crippen LogP contribution in [0.15, 0.2) is 65.6 Å². The summed E-state index contributed by atoms with van der Waals surface area (Å²) in [6.45, 7) is -0.574. The van der Waals surface area contributed by atoms with Gasteiger partial charge in [-0.25, -0.2) is 12.8 Å². The number of halogens is 2. The van der Waals surface area contributed by atoms with Gasteiger partial charge in [0.05, 0.1) is 23.1 Å². The van der Waals surface area contributed by atoms with E-state index in [-0.39, 0.29) is 28.8 Å². The second kappa shape index (κ2) is 8.28. The van der Waals surface area contributed by atoms with Crippen LogP contribution in [0, 0.1) is 5.82 Å². The van der Waals surface area contributed by atoms with Crippen LogP contribution < -0.4 is 4.72 Å². The van der Waals surface area contributed by atoms with Crippen LogP contribution in [0.5, 0.6) is 0 Å². The molecule has 3 aromatic rings. The largest absolute Gasteiger partial charge is 0.392 e. The van der Waals surface area contributed by atoms with Crippen molar-refractivity contribution in [3.63, 3.8) is 0 Å². The molecule has 0 bridgehead atoms. The van der Waals surface area contributed by atoms with Gasteiger partial charge < -0.3 is 10.2 Å². The molecule has 8 heteroatoms. The molecule has 3 rings (SSSR count). The number of hydrogen-bond acceptors (Lipinski definition) is 4. The van der Waals surface area contributed by atoms with Crippen LogP contribution in [0.4, 0.5) is 10.1 Å². The summed E-state index contributed by atoms with van der Waals surface area (Å²) in [6, 6.07) is 14.5. The van der Waals surface area contributed by atoms with Gasteiger partial charge in [0.15, 0.2) is 0 Å². The highest BCUT2D eigenvalue weighted by atomic mass is 35.5. The summed E-state index contributed by atoms with van der Waals surface area (Å²) in [7, 11) is -3.86. The number of aliphatic hydroxyl groups excluding tert-OH is 2. The van der Waals surface area contributed by atoms with Gasteiger partial charge in [0, 0.05) is 11.3 Å². The molecule has 0 saturated carbocycles. The fourth-order valence-corrected chi connectivity index (χ4v) is 4.07. The molecule has 146 valence electrons. The molecule has 0 radical (unpaired) electrons. The molecule has 0 saturated heterocycles. The number of hydrogen-bond donors (Lipinski definition) is 3. The van der Waals surface area contributed by atoms with Crippen molar-refractivity contribution >= 4 is 27.3 Å². The van der Waals surface area contributed by atoms with Gasteiger partial charge in [-0.05, 0) is 59.2 Å². The smallest absolute Gasteiger partial charge is 0.261 e. The zero-order valence-electron chi connectivity index (χ0n) is 14.6. The SMILES string of the molecule is O=S(=O)(Nc1ccc(CO)c(CO)c1)c1ccc(-c2ccc(F)cc2Cl)cc1. The number of nitrogens with one attached hydrogen (secondary N) is 1. The summed E-state index contributed by atoms with van der Waals surface area (Å²) >= 11 is 6.05. The van der Waals surface area contributed by atoms with Crippen LogP contribution in [0.3, 0.4) is 0 Å². The first-order valence-corrected chi connectivity index (χ1v) is 10.1. The lowest BCUT2D eigenvalue weighted by atomic mass is 10.1. The first-order valence-electron chi connectivity index (χ1n) is 8.26. The van der Waals surface area contributed by atoms with Gasteiger partial charge in [0.1, 0.15) is 5.82 Å². The molecular weight excluding hydrogens is 405 g/mol. The lowest BCUT2D eigenvalue weighted by Gasteiger charge is -2.12. The van der Waals surface area contributed by atoms with E-state index in [1.165, 1.54) is 42.5 Å². The van der Waals surface area contributed by atoms with E-state index in [9.17, 15) is 23.0 Å². The number of benzene rings is 3. The number of rotatable bonds is 6. The van der Waals surface area contributed by atoms with E-state index >= 15 is 0 Å². The third-order valence-corrected chi connectivity index (χ3v) is 5.92. The second-order valence-corrected chi connectivity index (χ2v) is 8.14. The Labute approximate surface area is 167 Å². The Kier molecular flexibility index (Phi) is 6.00. The predicted octanol–water partition coefficient (Wildman–Crippen LogP) is 3.93. The van der Waals surface area contributed by atoms with Crippen LogP contribution in [0.25, 0.3) is 11.1 Å². The van der Waals surface area contributed by atoms with Gasteiger partial charge in [0.2, 0.25) is 0 Å². The van der Waals surface area contributed by atoms with E-state index in [0.717, 1.165) is 0 Å². The fourth-order valence-electron chi connectivity index (χ4n) is 2.74. The molecule has 0 aromatic heterocycles. The van der Waals surface area contributed by atoms with Crippen LogP contribution >= 0.6 is 11.6 Å². The van der Waals surface area contributed by atoms with E-state index in [1.54, 1.807) is 18.2 Å². The molecule has 0 heterocycles. The molecule has 3 N–H and O–H groups in total. The van der Waals surface area contributed by atoms with Crippen molar-refractivity contribution in [2.45, 2.75) is 18.1 Å². The fraction of sp³-hybridized carbons (Fsp3) is 0.100. The average Bonchev–Trinajstić information content (AvgIpc) is 2.67. The highest BCUT2D eigenvalue weighted by molar-refractivity contribution is 7.92. The lowest BCUT2D eigenvalue weighted by molar-refractivity contribution is 0.260. The number of anilines is 1. The van der Waals surface area contributed by atoms with E-state index in [2.05, 4.69) is 4.72 Å². The van der Waals surface area contributed by atoms with Crippen molar-refractivity contribution in [2.75, 3.05) is 4.72 Å². The molecule has 0 aliphatic heterocycles. The van der Waals surface area contributed by atoms with Crippen molar-refractivity contribution in [2.24, 2.45) is 0 Å². The Hall–Kier alpha value is -2.45. The Bertz CT molecular complexity index is 1100. The zero-order chi connectivity index (χ0) is 20.3. The van der Waals surface area contributed by atoms with Crippen LogP contribution in [-0.2, 0) is 23.2 Å². The summed E-state index contributed by atoms with van der Waals surface area (Å²) in [6.07, 6.45) is 0. The quantitative estimate of drug-likeness (QED) is 0.562. The van der Waals surface area contributed by atoms with Crippen LogP contribution in [0.1, 0.15) is 11.1 Å². The van der Waals surface area contributed by atoms with E-state index < -0.39 is 15.8 Å². The van der Waals surface area contributed by atoms with Crippen LogP contribution in [-0.4, -0.2) is 18.6 Å². The summed E-state index contributed by atoms with van der Waals surface area (Å²) in [5.41, 5.74) is 2.47. The molecule has 0 unspecified atom stereocenters. The Morgan fingerprint density at radius 2 is 1.57 bits per heavy atom. The van der Waals surface area contributed by atoms with Crippen molar-refractivity contribution in [3.8, 4) is 11.1 Å². The first kappa shape index (κ1) is 20.3. The Morgan fingerprint density at radius 3 is 2.18 bits per heavy atom. The highest BCUT2D eigenvalue weighted by Gasteiger charge is 2.16. The minimum Gasteiger partial charge on any atom is -0.392 e. The first-order chi connectivity index (χ1) is 13.3. The average molecular weight is 422 g/mol. The zero-order valence-corrected chi connectivity index (χ0v) is 16.1. The monoisotopic (exact) mass is 421 g/mol. The predicted molar refractivity (Wildman–Crippen MR) is 106 cm³/mol. The maximum atomic E-state index is 13.2. The molecule has 0 aliphatic carbocycles. The summed E-state index contributed by atoms with van der Waals surface area (Å²) in [4.78, 5) is 0.0336. The molecular formula is C20H17ClFNO4S. The minimum atomic E-state index is -3.86. The van der Waals surface area contributed by atoms with Crippen molar-refractivity contribution < 1.29 is 23.0 Å². The van der Waals surface area contributed by atoms with Gasteiger partial charge in [0.25, 0.3) is 10.0 Å². The minimum absolute atomic E-state index is 0.0336. The molecule has 3 aromatic carbocycles. The van der Waals surface area contributed by atoms with Gasteiger partial charge in [-0.1, -0.05) is 29.8 Å². The Balaban J connectivity index is 1.86. The molecule has 28 heavy (non-hydrogen) atoms. The van der Waals surface area contributed by atoms with Gasteiger partial charge in [-0.2, -0.15) is 0 Å². The topological polar surface area (TPSA) is 86.6 Å². The summed E-state index contributed by atoms with van der Waals surface area (Å²) in [5, 5.41) is 18.8. The highest BCUT2D eigenvalue weighted by Crippen LogP contribution is 2.29. The van der Waals surface area contributed by atoms with Crippen molar-refractivity contribution in [1.29, 1.82) is 0 Å². The van der Waals surface area contributed by atoms with Gasteiger partial charge in [-0.3, -0.25) is 4.72 Å². The van der Waals surface area contributed by atoms with E-state index in [4.69, 9.17) is 11.6 Å². The standard InChI is InChI=1S/C20H17ClFNO4S/c21-20-10-16(22)4-8-19(20)13-2-6-18(7-3-13)28(26,27)23-17-5-1-14(11-24)15(9-17)12-25/h1-10,23-25H,11-12H2. The van der Waals surface area contributed by atoms with Gasteiger partial charge >= 0.3 is 0 Å².